The summed E-state index contributed by atoms with van der Waals surface area (Å²) in [5.74, 6) is -0.500. The molecule has 0 aliphatic carbocycles. The Bertz CT molecular complexity index is 1030. The number of nitrogens with zero attached hydrogens (tertiary/aromatic N) is 2. The van der Waals surface area contributed by atoms with Gasteiger partial charge in [0.15, 0.2) is 0 Å². The number of anilines is 1. The topological polar surface area (TPSA) is 92.8 Å². The van der Waals surface area contributed by atoms with Crippen molar-refractivity contribution in [1.29, 1.82) is 0 Å². The van der Waals surface area contributed by atoms with Gasteiger partial charge in [-0.1, -0.05) is 0 Å². The van der Waals surface area contributed by atoms with E-state index in [0.717, 1.165) is 17.4 Å². The zero-order chi connectivity index (χ0) is 25.1. The van der Waals surface area contributed by atoms with Gasteiger partial charge in [-0.25, -0.2) is 9.78 Å². The van der Waals surface area contributed by atoms with E-state index in [4.69, 9.17) is 0 Å². The van der Waals surface area contributed by atoms with Crippen LogP contribution in [0.5, 0.6) is 0 Å². The molecule has 34 heavy (non-hydrogen) atoms. The number of hydrogen-bond acceptors (Lipinski definition) is 7. The Morgan fingerprint density at radius 2 is 1.85 bits per heavy atom. The number of hydrogen-bond donors (Lipinski definition) is 2. The quantitative estimate of drug-likeness (QED) is 0.449. The molecule has 1 saturated heterocycles. The maximum atomic E-state index is 13.7. The molecule has 0 atom stereocenters. The van der Waals surface area contributed by atoms with E-state index in [2.05, 4.69) is 25.1 Å². The fourth-order valence-corrected chi connectivity index (χ4v) is 4.44. The monoisotopic (exact) mass is 514 g/mol. The van der Waals surface area contributed by atoms with Crippen molar-refractivity contribution in [1.82, 2.24) is 15.6 Å². The highest BCUT2D eigenvalue weighted by Gasteiger charge is 2.36. The van der Waals surface area contributed by atoms with E-state index in [1.807, 2.05) is 0 Å². The molecule has 188 valence electrons. The van der Waals surface area contributed by atoms with Crippen LogP contribution in [0.25, 0.3) is 10.2 Å². The van der Waals surface area contributed by atoms with Gasteiger partial charge in [0, 0.05) is 31.6 Å². The standard InChI is InChI=1S/C19H20F6N4O4S/c1-26-16(30)11-9-34-15-12(18(20,21)22)8-13(28-14(11)15)29-4-2-10(3-5-29)27-17(31)32-6-7-33-19(23,24)25/h8-10H,2-7H2,1H3,(H,26,30)(H,27,31). The third kappa shape index (κ3) is 6.40. The molecule has 3 heterocycles. The zero-order valence-corrected chi connectivity index (χ0v) is 18.5. The van der Waals surface area contributed by atoms with Crippen LogP contribution < -0.4 is 15.5 Å². The molecule has 2 amide bonds. The summed E-state index contributed by atoms with van der Waals surface area (Å²) in [4.78, 5) is 29.7. The van der Waals surface area contributed by atoms with Crippen LogP contribution in [0.4, 0.5) is 37.0 Å². The van der Waals surface area contributed by atoms with Gasteiger partial charge in [-0.2, -0.15) is 13.2 Å². The van der Waals surface area contributed by atoms with E-state index in [1.54, 1.807) is 4.90 Å². The molecule has 0 bridgehead atoms. The SMILES string of the molecule is CNC(=O)c1csc2c(C(F)(F)F)cc(N3CCC(NC(=O)OCCOC(F)(F)F)CC3)nc12. The third-order valence-electron chi connectivity index (χ3n) is 5.01. The predicted octanol–water partition coefficient (Wildman–Crippen LogP) is 3.91. The van der Waals surface area contributed by atoms with Crippen molar-refractivity contribution < 1.29 is 45.4 Å². The third-order valence-corrected chi connectivity index (χ3v) is 6.01. The van der Waals surface area contributed by atoms with Gasteiger partial charge in [0.1, 0.15) is 12.4 Å². The lowest BCUT2D eigenvalue weighted by Crippen LogP contribution is -2.45. The summed E-state index contributed by atoms with van der Waals surface area (Å²) in [6, 6.07) is 0.551. The minimum atomic E-state index is -4.82. The lowest BCUT2D eigenvalue weighted by Gasteiger charge is -2.33. The average molecular weight is 514 g/mol. The molecule has 0 aromatic carbocycles. The van der Waals surface area contributed by atoms with Crippen molar-refractivity contribution in [2.75, 3.05) is 38.3 Å². The first kappa shape index (κ1) is 25.8. The van der Waals surface area contributed by atoms with Crippen molar-refractivity contribution in [3.05, 3.63) is 22.6 Å². The average Bonchev–Trinajstić information content (AvgIpc) is 3.18. The number of rotatable bonds is 6. The Morgan fingerprint density at radius 1 is 1.18 bits per heavy atom. The smallest absolute Gasteiger partial charge is 0.447 e. The molecule has 3 rings (SSSR count). The number of alkyl carbamates (subject to hydrolysis) is 1. The second-order valence-corrected chi connectivity index (χ2v) is 8.15. The van der Waals surface area contributed by atoms with E-state index >= 15 is 0 Å². The number of piperidine rings is 1. The number of aromatic nitrogens is 1. The maximum Gasteiger partial charge on any atom is 0.522 e. The Morgan fingerprint density at radius 3 is 2.44 bits per heavy atom. The number of nitrogens with one attached hydrogen (secondary N) is 2. The Kier molecular flexibility index (Phi) is 7.75. The molecule has 1 aliphatic rings. The summed E-state index contributed by atoms with van der Waals surface area (Å²) >= 11 is 0.788. The molecular weight excluding hydrogens is 494 g/mol. The first-order valence-corrected chi connectivity index (χ1v) is 10.9. The zero-order valence-electron chi connectivity index (χ0n) is 17.7. The highest BCUT2D eigenvalue weighted by atomic mass is 32.1. The Balaban J connectivity index is 1.65. The van der Waals surface area contributed by atoms with Crippen molar-refractivity contribution >= 4 is 39.4 Å². The Labute approximate surface area is 193 Å². The van der Waals surface area contributed by atoms with Gasteiger partial charge < -0.3 is 20.3 Å². The van der Waals surface area contributed by atoms with Crippen LogP contribution in [0.15, 0.2) is 11.4 Å². The predicted molar refractivity (Wildman–Crippen MR) is 110 cm³/mol. The van der Waals surface area contributed by atoms with Crippen LogP contribution in [0.3, 0.4) is 0 Å². The molecule has 2 aromatic rings. The fourth-order valence-electron chi connectivity index (χ4n) is 3.42. The van der Waals surface area contributed by atoms with Crippen molar-refractivity contribution in [2.24, 2.45) is 0 Å². The van der Waals surface area contributed by atoms with Crippen molar-refractivity contribution in [3.8, 4) is 0 Å². The van der Waals surface area contributed by atoms with Crippen LogP contribution >= 0.6 is 11.3 Å². The summed E-state index contributed by atoms with van der Waals surface area (Å²) in [6.07, 6.45) is -9.72. The molecule has 8 nitrogen and oxygen atoms in total. The number of thiophene rings is 1. The lowest BCUT2D eigenvalue weighted by atomic mass is 10.0. The molecule has 0 saturated carbocycles. The minimum Gasteiger partial charge on any atom is -0.447 e. The Hall–Kier alpha value is -2.81. The van der Waals surface area contributed by atoms with Gasteiger partial charge in [0.05, 0.1) is 28.0 Å². The highest BCUT2D eigenvalue weighted by Crippen LogP contribution is 2.40. The number of carbonyl (C=O) groups excluding carboxylic acids is 2. The van der Waals surface area contributed by atoms with Gasteiger partial charge in [0.25, 0.3) is 5.91 Å². The number of carbonyl (C=O) groups is 2. The summed E-state index contributed by atoms with van der Waals surface area (Å²) < 4.78 is 84.7. The highest BCUT2D eigenvalue weighted by molar-refractivity contribution is 7.17. The van der Waals surface area contributed by atoms with Gasteiger partial charge in [-0.3, -0.25) is 9.53 Å². The van der Waals surface area contributed by atoms with Crippen molar-refractivity contribution in [3.63, 3.8) is 0 Å². The molecule has 15 heteroatoms. The number of fused-ring (bicyclic) bond motifs is 1. The first-order chi connectivity index (χ1) is 15.9. The van der Waals surface area contributed by atoms with Gasteiger partial charge in [0.2, 0.25) is 0 Å². The molecule has 1 aliphatic heterocycles. The summed E-state index contributed by atoms with van der Waals surface area (Å²) in [7, 11) is 1.37. The number of amides is 2. The van der Waals surface area contributed by atoms with Crippen LogP contribution in [0.1, 0.15) is 28.8 Å². The summed E-state index contributed by atoms with van der Waals surface area (Å²) in [5, 5.41) is 6.22. The van der Waals surface area contributed by atoms with E-state index < -0.39 is 43.3 Å². The number of halogens is 6. The van der Waals surface area contributed by atoms with Crippen LogP contribution in [0.2, 0.25) is 0 Å². The minimum absolute atomic E-state index is 0.0425. The molecular formula is C19H20F6N4O4S. The second-order valence-electron chi connectivity index (χ2n) is 7.27. The molecule has 2 N–H and O–H groups in total. The second kappa shape index (κ2) is 10.2. The molecule has 1 fully saturated rings. The van der Waals surface area contributed by atoms with Gasteiger partial charge in [-0.05, 0) is 18.9 Å². The van der Waals surface area contributed by atoms with Gasteiger partial charge >= 0.3 is 18.6 Å². The van der Waals surface area contributed by atoms with Crippen LogP contribution in [0, 0.1) is 0 Å². The largest absolute Gasteiger partial charge is 0.522 e. The number of alkyl halides is 6. The van der Waals surface area contributed by atoms with Crippen LogP contribution in [-0.2, 0) is 15.7 Å². The summed E-state index contributed by atoms with van der Waals surface area (Å²) in [5.41, 5.74) is -0.889. The van der Waals surface area contributed by atoms with E-state index in [0.29, 0.717) is 12.8 Å². The molecule has 2 aromatic heterocycles. The number of pyridine rings is 1. The van der Waals surface area contributed by atoms with E-state index in [-0.39, 0.29) is 40.7 Å². The normalized spacial score (nSPS) is 15.4. The maximum absolute atomic E-state index is 13.7. The molecule has 0 radical (unpaired) electrons. The molecule has 0 unspecified atom stereocenters. The lowest BCUT2D eigenvalue weighted by molar-refractivity contribution is -0.326. The van der Waals surface area contributed by atoms with E-state index in [9.17, 15) is 35.9 Å². The summed E-state index contributed by atoms with van der Waals surface area (Å²) in [6.45, 7) is -0.941. The van der Waals surface area contributed by atoms with Crippen LogP contribution in [-0.4, -0.2) is 62.7 Å². The number of ether oxygens (including phenoxy) is 2. The molecule has 0 spiro atoms. The first-order valence-electron chi connectivity index (χ1n) is 9.99. The van der Waals surface area contributed by atoms with E-state index in [1.165, 1.54) is 12.4 Å². The van der Waals surface area contributed by atoms with Crippen molar-refractivity contribution in [2.45, 2.75) is 31.4 Å². The fraction of sp³-hybridized carbons (Fsp3) is 0.526. The van der Waals surface area contributed by atoms with Gasteiger partial charge in [-0.15, -0.1) is 24.5 Å².